The second-order valence-corrected chi connectivity index (χ2v) is 9.53. The number of halogens is 1. The number of aromatic nitrogens is 3. The molecule has 3 heterocycles. The van der Waals surface area contributed by atoms with Crippen molar-refractivity contribution in [3.8, 4) is 11.4 Å². The van der Waals surface area contributed by atoms with Crippen molar-refractivity contribution in [2.24, 2.45) is 0 Å². The van der Waals surface area contributed by atoms with Gasteiger partial charge in [0.1, 0.15) is 5.82 Å². The summed E-state index contributed by atoms with van der Waals surface area (Å²) < 4.78 is 1.97. The van der Waals surface area contributed by atoms with Crippen LogP contribution in [0.25, 0.3) is 11.4 Å². The van der Waals surface area contributed by atoms with E-state index in [9.17, 15) is 5.11 Å². The minimum atomic E-state index is -0.194. The first kappa shape index (κ1) is 18.1. The molecule has 5 nitrogen and oxygen atoms in total. The number of hydrogen-bond acceptors (Lipinski definition) is 5. The van der Waals surface area contributed by atoms with Gasteiger partial charge in [0.15, 0.2) is 5.82 Å². The van der Waals surface area contributed by atoms with Gasteiger partial charge < -0.3 is 14.6 Å². The van der Waals surface area contributed by atoms with Crippen LogP contribution in [0.15, 0.2) is 18.2 Å². The van der Waals surface area contributed by atoms with Crippen LogP contribution >= 0.6 is 23.4 Å². The second-order valence-electron chi connectivity index (χ2n) is 7.44. The Kier molecular flexibility index (Phi) is 5.17. The molecule has 7 heteroatoms. The molecule has 26 heavy (non-hydrogen) atoms. The van der Waals surface area contributed by atoms with E-state index in [1.54, 1.807) is 11.8 Å². The number of fused-ring (bicyclic) bond motifs is 1. The number of thioether (sulfide) groups is 1. The summed E-state index contributed by atoms with van der Waals surface area (Å²) in [5, 5.41) is 19.3. The summed E-state index contributed by atoms with van der Waals surface area (Å²) >= 11 is 8.45. The second kappa shape index (κ2) is 7.41. The van der Waals surface area contributed by atoms with Crippen LogP contribution in [0.3, 0.4) is 0 Å². The third-order valence-corrected chi connectivity index (χ3v) is 7.04. The van der Waals surface area contributed by atoms with Gasteiger partial charge in [0.25, 0.3) is 0 Å². The van der Waals surface area contributed by atoms with E-state index in [0.717, 1.165) is 47.6 Å². The largest absolute Gasteiger partial charge is 0.395 e. The minimum Gasteiger partial charge on any atom is -0.395 e. The molecular formula is C19H25ClN4OS. The molecule has 1 aromatic heterocycles. The molecule has 2 aromatic rings. The van der Waals surface area contributed by atoms with Crippen molar-refractivity contribution in [1.29, 1.82) is 0 Å². The van der Waals surface area contributed by atoms with Gasteiger partial charge in [-0.2, -0.15) is 11.8 Å². The molecule has 0 saturated carbocycles. The van der Waals surface area contributed by atoms with Gasteiger partial charge in [-0.3, -0.25) is 0 Å². The standard InChI is InChI=1S/C19H25ClN4OS/c1-19(13-25)12-17-21-22-18(24(17)9-10-26-19)15-6-5-14(11-16(15)20)23-7-3-2-4-8-23/h5-6,11,25H,2-4,7-10,12-13H2,1H3. The number of aliphatic hydroxyl groups is 1. The lowest BCUT2D eigenvalue weighted by atomic mass is 10.1. The Morgan fingerprint density at radius 3 is 2.73 bits per heavy atom. The van der Waals surface area contributed by atoms with E-state index in [1.165, 1.54) is 24.9 Å². The molecule has 4 rings (SSSR count). The Labute approximate surface area is 163 Å². The molecular weight excluding hydrogens is 368 g/mol. The Morgan fingerprint density at radius 1 is 1.19 bits per heavy atom. The van der Waals surface area contributed by atoms with Gasteiger partial charge in [-0.1, -0.05) is 11.6 Å². The van der Waals surface area contributed by atoms with E-state index in [4.69, 9.17) is 11.6 Å². The van der Waals surface area contributed by atoms with Crippen molar-refractivity contribution >= 4 is 29.1 Å². The van der Waals surface area contributed by atoms with Gasteiger partial charge in [-0.15, -0.1) is 10.2 Å². The van der Waals surface area contributed by atoms with Crippen molar-refractivity contribution < 1.29 is 5.11 Å². The normalized spacial score (nSPS) is 23.6. The van der Waals surface area contributed by atoms with Crippen molar-refractivity contribution in [3.63, 3.8) is 0 Å². The number of benzene rings is 1. The summed E-state index contributed by atoms with van der Waals surface area (Å²) in [7, 11) is 0. The molecule has 2 aliphatic rings. The molecule has 0 amide bonds. The number of nitrogens with zero attached hydrogens (tertiary/aromatic N) is 4. The molecule has 1 atom stereocenters. The highest BCUT2D eigenvalue weighted by Crippen LogP contribution is 2.36. The summed E-state index contributed by atoms with van der Waals surface area (Å²) in [6.45, 7) is 5.27. The first-order valence-corrected chi connectivity index (χ1v) is 10.7. The van der Waals surface area contributed by atoms with Crippen molar-refractivity contribution in [1.82, 2.24) is 14.8 Å². The zero-order valence-corrected chi connectivity index (χ0v) is 16.7. The summed E-state index contributed by atoms with van der Waals surface area (Å²) in [6, 6.07) is 6.29. The summed E-state index contributed by atoms with van der Waals surface area (Å²) in [5.41, 5.74) is 2.13. The van der Waals surface area contributed by atoms with Crippen LogP contribution in [-0.2, 0) is 13.0 Å². The highest BCUT2D eigenvalue weighted by Gasteiger charge is 2.31. The number of rotatable bonds is 3. The molecule has 0 spiro atoms. The Balaban J connectivity index is 1.64. The van der Waals surface area contributed by atoms with Gasteiger partial charge in [0, 0.05) is 47.8 Å². The van der Waals surface area contributed by atoms with Gasteiger partial charge in [-0.25, -0.2) is 0 Å². The van der Waals surface area contributed by atoms with Gasteiger partial charge in [0.2, 0.25) is 0 Å². The molecule has 1 saturated heterocycles. The number of hydrogen-bond donors (Lipinski definition) is 1. The van der Waals surface area contributed by atoms with Crippen LogP contribution in [0.1, 0.15) is 32.0 Å². The first-order chi connectivity index (χ1) is 12.6. The molecule has 1 fully saturated rings. The van der Waals surface area contributed by atoms with Crippen LogP contribution in [-0.4, -0.2) is 50.1 Å². The van der Waals surface area contributed by atoms with Crippen molar-refractivity contribution in [3.05, 3.63) is 29.0 Å². The van der Waals surface area contributed by atoms with Gasteiger partial charge >= 0.3 is 0 Å². The van der Waals surface area contributed by atoms with E-state index in [0.29, 0.717) is 6.42 Å². The topological polar surface area (TPSA) is 54.2 Å². The lowest BCUT2D eigenvalue weighted by Crippen LogP contribution is -2.29. The average Bonchev–Trinajstić information content (AvgIpc) is 2.95. The molecule has 0 bridgehead atoms. The summed E-state index contributed by atoms with van der Waals surface area (Å²) in [4.78, 5) is 2.41. The number of aliphatic hydroxyl groups excluding tert-OH is 1. The maximum absolute atomic E-state index is 9.72. The summed E-state index contributed by atoms with van der Waals surface area (Å²) in [5.74, 6) is 2.69. The van der Waals surface area contributed by atoms with Crippen LogP contribution in [0, 0.1) is 0 Å². The molecule has 140 valence electrons. The van der Waals surface area contributed by atoms with Crippen LogP contribution < -0.4 is 4.90 Å². The Bertz CT molecular complexity index is 790. The molecule has 1 aromatic carbocycles. The maximum Gasteiger partial charge on any atom is 0.165 e. The third-order valence-electron chi connectivity index (χ3n) is 5.37. The van der Waals surface area contributed by atoms with E-state index in [-0.39, 0.29) is 11.4 Å². The van der Waals surface area contributed by atoms with Crippen molar-refractivity contribution in [2.45, 2.75) is 43.9 Å². The lowest BCUT2D eigenvalue weighted by molar-refractivity contribution is 0.254. The molecule has 0 aliphatic carbocycles. The van der Waals surface area contributed by atoms with Crippen LogP contribution in [0.4, 0.5) is 5.69 Å². The highest BCUT2D eigenvalue weighted by atomic mass is 35.5. The average molecular weight is 393 g/mol. The fraction of sp³-hybridized carbons (Fsp3) is 0.579. The lowest BCUT2D eigenvalue weighted by Gasteiger charge is -2.29. The fourth-order valence-electron chi connectivity index (χ4n) is 3.80. The maximum atomic E-state index is 9.72. The highest BCUT2D eigenvalue weighted by molar-refractivity contribution is 8.00. The van der Waals surface area contributed by atoms with Gasteiger partial charge in [-0.05, 0) is 44.4 Å². The number of anilines is 1. The SMILES string of the molecule is CC1(CO)Cc2nnc(-c3ccc(N4CCCCC4)cc3Cl)n2CCS1. The fourth-order valence-corrected chi connectivity index (χ4v) is 5.15. The Hall–Kier alpha value is -1.24. The minimum absolute atomic E-state index is 0.144. The van der Waals surface area contributed by atoms with Crippen molar-refractivity contribution in [2.75, 3.05) is 30.3 Å². The smallest absolute Gasteiger partial charge is 0.165 e. The first-order valence-electron chi connectivity index (χ1n) is 9.31. The quantitative estimate of drug-likeness (QED) is 0.864. The molecule has 0 radical (unpaired) electrons. The predicted octanol–water partition coefficient (Wildman–Crippen LogP) is 3.63. The molecule has 1 unspecified atom stereocenters. The summed E-state index contributed by atoms with van der Waals surface area (Å²) in [6.07, 6.45) is 4.53. The van der Waals surface area contributed by atoms with Gasteiger partial charge in [0.05, 0.1) is 11.6 Å². The van der Waals surface area contributed by atoms with E-state index >= 15 is 0 Å². The predicted molar refractivity (Wildman–Crippen MR) is 108 cm³/mol. The van der Waals surface area contributed by atoms with E-state index < -0.39 is 0 Å². The molecule has 1 N–H and O–H groups in total. The van der Waals surface area contributed by atoms with Crippen LogP contribution in [0.2, 0.25) is 5.02 Å². The third kappa shape index (κ3) is 3.47. The Morgan fingerprint density at radius 2 is 2.00 bits per heavy atom. The zero-order chi connectivity index (χ0) is 18.1. The van der Waals surface area contributed by atoms with Crippen LogP contribution in [0.5, 0.6) is 0 Å². The monoisotopic (exact) mass is 392 g/mol. The number of piperidine rings is 1. The van der Waals surface area contributed by atoms with E-state index in [1.807, 2.05) is 0 Å². The van der Waals surface area contributed by atoms with E-state index in [2.05, 4.69) is 44.8 Å². The zero-order valence-electron chi connectivity index (χ0n) is 15.1. The molecule has 2 aliphatic heterocycles.